The van der Waals surface area contributed by atoms with Crippen molar-refractivity contribution >= 4 is 18.3 Å². The summed E-state index contributed by atoms with van der Waals surface area (Å²) >= 11 is 0. The maximum absolute atomic E-state index is 11.1. The van der Waals surface area contributed by atoms with E-state index in [2.05, 4.69) is 10.6 Å². The van der Waals surface area contributed by atoms with E-state index in [9.17, 15) is 4.79 Å². The lowest BCUT2D eigenvalue weighted by molar-refractivity contribution is 0.0524. The highest BCUT2D eigenvalue weighted by Crippen LogP contribution is 2.29. The van der Waals surface area contributed by atoms with Gasteiger partial charge < -0.3 is 21.1 Å². The zero-order valence-electron chi connectivity index (χ0n) is 13.3. The number of hydrogen-bond donors (Lipinski definition) is 3. The highest BCUT2D eigenvalue weighted by atomic mass is 35.5. The van der Waals surface area contributed by atoms with Crippen LogP contribution in [0.25, 0.3) is 0 Å². The summed E-state index contributed by atoms with van der Waals surface area (Å²) in [5.74, 6) is 0.268. The lowest BCUT2D eigenvalue weighted by Crippen LogP contribution is -2.50. The van der Waals surface area contributed by atoms with Crippen LogP contribution in [0.5, 0.6) is 0 Å². The molecule has 0 radical (unpaired) electrons. The number of nitrogens with one attached hydrogen (secondary N) is 2. The number of amides is 1. The molecule has 128 valence electrons. The number of benzene rings is 1. The Hall–Kier alpha value is -1.14. The van der Waals surface area contributed by atoms with Crippen LogP contribution < -0.4 is 16.4 Å². The summed E-state index contributed by atoms with van der Waals surface area (Å²) in [6.07, 6.45) is 3.77. The fourth-order valence-electron chi connectivity index (χ4n) is 3.62. The van der Waals surface area contributed by atoms with Crippen molar-refractivity contribution in [3.8, 4) is 0 Å². The Bertz CT molecular complexity index is 503. The van der Waals surface area contributed by atoms with E-state index in [0.29, 0.717) is 23.6 Å². The average Bonchev–Trinajstić information content (AvgIpc) is 3.02. The number of rotatable bonds is 5. The molecule has 2 fully saturated rings. The normalized spacial score (nSPS) is 27.4. The molecular weight excluding hydrogens is 314 g/mol. The number of hydrogen-bond acceptors (Lipinski definition) is 4. The molecule has 3 rings (SSSR count). The molecule has 3 atom stereocenters. The van der Waals surface area contributed by atoms with Crippen molar-refractivity contribution in [2.45, 2.75) is 37.9 Å². The summed E-state index contributed by atoms with van der Waals surface area (Å²) in [5, 5.41) is 7.27. The monoisotopic (exact) mass is 339 g/mol. The quantitative estimate of drug-likeness (QED) is 0.759. The first-order chi connectivity index (χ1) is 10.7. The van der Waals surface area contributed by atoms with Gasteiger partial charge in [0.25, 0.3) is 0 Å². The molecule has 1 aromatic rings. The van der Waals surface area contributed by atoms with Gasteiger partial charge in [-0.2, -0.15) is 0 Å². The van der Waals surface area contributed by atoms with Gasteiger partial charge in [0.1, 0.15) is 0 Å². The number of carbonyl (C=O) groups is 1. The SMILES string of the molecule is Cl.NC(=O)c1ccc(CNC2CCCC2C2COCCN2)cc1. The number of nitrogens with two attached hydrogens (primary N) is 1. The molecule has 2 aliphatic rings. The topological polar surface area (TPSA) is 76.4 Å². The van der Waals surface area contributed by atoms with Gasteiger partial charge >= 0.3 is 0 Å². The highest BCUT2D eigenvalue weighted by molar-refractivity contribution is 5.92. The molecule has 1 aromatic carbocycles. The van der Waals surface area contributed by atoms with E-state index in [-0.39, 0.29) is 18.3 Å². The summed E-state index contributed by atoms with van der Waals surface area (Å²) in [5.41, 5.74) is 7.01. The van der Waals surface area contributed by atoms with Crippen LogP contribution in [-0.2, 0) is 11.3 Å². The lowest BCUT2D eigenvalue weighted by Gasteiger charge is -2.33. The molecular formula is C17H26ClN3O2. The average molecular weight is 340 g/mol. The van der Waals surface area contributed by atoms with Gasteiger partial charge in [0.15, 0.2) is 0 Å². The molecule has 3 unspecified atom stereocenters. The zero-order chi connectivity index (χ0) is 15.4. The Morgan fingerprint density at radius 2 is 2.09 bits per heavy atom. The molecule has 1 saturated heterocycles. The minimum absolute atomic E-state index is 0. The minimum Gasteiger partial charge on any atom is -0.379 e. The van der Waals surface area contributed by atoms with Gasteiger partial charge in [0.05, 0.1) is 13.2 Å². The van der Waals surface area contributed by atoms with Crippen LogP contribution in [0.15, 0.2) is 24.3 Å². The van der Waals surface area contributed by atoms with Crippen molar-refractivity contribution < 1.29 is 9.53 Å². The molecule has 4 N–H and O–H groups in total. The van der Waals surface area contributed by atoms with Crippen LogP contribution in [0.4, 0.5) is 0 Å². The molecule has 1 amide bonds. The maximum Gasteiger partial charge on any atom is 0.248 e. The molecule has 0 bridgehead atoms. The maximum atomic E-state index is 11.1. The summed E-state index contributed by atoms with van der Waals surface area (Å²) in [7, 11) is 0. The van der Waals surface area contributed by atoms with Gasteiger partial charge in [-0.25, -0.2) is 0 Å². The van der Waals surface area contributed by atoms with Crippen LogP contribution in [0.1, 0.15) is 35.2 Å². The van der Waals surface area contributed by atoms with E-state index in [0.717, 1.165) is 26.3 Å². The van der Waals surface area contributed by atoms with Gasteiger partial charge in [0.2, 0.25) is 5.91 Å². The van der Waals surface area contributed by atoms with Crippen LogP contribution in [0.3, 0.4) is 0 Å². The second-order valence-electron chi connectivity index (χ2n) is 6.28. The fourth-order valence-corrected chi connectivity index (χ4v) is 3.62. The number of morpholine rings is 1. The third-order valence-corrected chi connectivity index (χ3v) is 4.84. The van der Waals surface area contributed by atoms with Crippen molar-refractivity contribution in [3.05, 3.63) is 35.4 Å². The summed E-state index contributed by atoms with van der Waals surface area (Å²) in [4.78, 5) is 11.1. The van der Waals surface area contributed by atoms with Crippen LogP contribution in [-0.4, -0.2) is 37.7 Å². The van der Waals surface area contributed by atoms with Gasteiger partial charge in [-0.15, -0.1) is 12.4 Å². The number of primary amides is 1. The Morgan fingerprint density at radius 3 is 2.74 bits per heavy atom. The molecule has 0 spiro atoms. The number of carbonyl (C=O) groups excluding carboxylic acids is 1. The van der Waals surface area contributed by atoms with Gasteiger partial charge in [-0.1, -0.05) is 18.6 Å². The van der Waals surface area contributed by atoms with E-state index in [1.807, 2.05) is 12.1 Å². The first-order valence-electron chi connectivity index (χ1n) is 8.17. The van der Waals surface area contributed by atoms with E-state index in [1.54, 1.807) is 12.1 Å². The van der Waals surface area contributed by atoms with Crippen molar-refractivity contribution in [3.63, 3.8) is 0 Å². The smallest absolute Gasteiger partial charge is 0.248 e. The molecule has 0 aromatic heterocycles. The van der Waals surface area contributed by atoms with Gasteiger partial charge in [-0.3, -0.25) is 4.79 Å². The largest absolute Gasteiger partial charge is 0.379 e. The predicted molar refractivity (Wildman–Crippen MR) is 92.8 cm³/mol. The van der Waals surface area contributed by atoms with Crippen molar-refractivity contribution in [2.24, 2.45) is 11.7 Å². The first kappa shape index (κ1) is 18.2. The molecule has 1 aliphatic heterocycles. The van der Waals surface area contributed by atoms with Gasteiger partial charge in [-0.05, 0) is 36.5 Å². The van der Waals surface area contributed by atoms with E-state index < -0.39 is 0 Å². The number of ether oxygens (including phenoxy) is 1. The third-order valence-electron chi connectivity index (χ3n) is 4.84. The Balaban J connectivity index is 0.00000192. The molecule has 1 aliphatic carbocycles. The van der Waals surface area contributed by atoms with E-state index in [1.165, 1.54) is 24.8 Å². The van der Waals surface area contributed by atoms with Crippen molar-refractivity contribution in [2.75, 3.05) is 19.8 Å². The van der Waals surface area contributed by atoms with Crippen molar-refractivity contribution in [1.29, 1.82) is 0 Å². The van der Waals surface area contributed by atoms with Gasteiger partial charge in [0, 0.05) is 30.7 Å². The molecule has 23 heavy (non-hydrogen) atoms. The third kappa shape index (κ3) is 4.67. The Kier molecular flexibility index (Phi) is 6.84. The molecule has 5 nitrogen and oxygen atoms in total. The summed E-state index contributed by atoms with van der Waals surface area (Å²) < 4.78 is 5.61. The van der Waals surface area contributed by atoms with Crippen LogP contribution in [0.2, 0.25) is 0 Å². The fraction of sp³-hybridized carbons (Fsp3) is 0.588. The van der Waals surface area contributed by atoms with Crippen LogP contribution >= 0.6 is 12.4 Å². The number of halogens is 1. The first-order valence-corrected chi connectivity index (χ1v) is 8.17. The summed E-state index contributed by atoms with van der Waals surface area (Å²) in [6.45, 7) is 3.44. The second-order valence-corrected chi connectivity index (χ2v) is 6.28. The second kappa shape index (κ2) is 8.64. The standard InChI is InChI=1S/C17H25N3O2.ClH/c18-17(21)13-6-4-12(5-7-13)10-20-15-3-1-2-14(15)16-11-22-9-8-19-16;/h4-7,14-16,19-20H,1-3,8-11H2,(H2,18,21);1H. The van der Waals surface area contributed by atoms with E-state index in [4.69, 9.17) is 10.5 Å². The minimum atomic E-state index is -0.376. The zero-order valence-corrected chi connectivity index (χ0v) is 14.1. The van der Waals surface area contributed by atoms with Crippen molar-refractivity contribution in [1.82, 2.24) is 10.6 Å². The molecule has 1 heterocycles. The van der Waals surface area contributed by atoms with Crippen LogP contribution in [0, 0.1) is 5.92 Å². The Labute approximate surface area is 143 Å². The highest BCUT2D eigenvalue weighted by Gasteiger charge is 2.34. The van der Waals surface area contributed by atoms with E-state index >= 15 is 0 Å². The molecule has 1 saturated carbocycles. The lowest BCUT2D eigenvalue weighted by atomic mass is 9.94. The predicted octanol–water partition coefficient (Wildman–Crippen LogP) is 1.45. The summed E-state index contributed by atoms with van der Waals surface area (Å²) in [6, 6.07) is 8.54. The Morgan fingerprint density at radius 1 is 1.30 bits per heavy atom. The molecule has 6 heteroatoms.